The lowest BCUT2D eigenvalue weighted by Crippen LogP contribution is -2.51. The van der Waals surface area contributed by atoms with E-state index in [-0.39, 0.29) is 11.8 Å². The number of imidazole rings is 1. The highest BCUT2D eigenvalue weighted by Crippen LogP contribution is 2.28. The minimum Gasteiger partial charge on any atom is -0.481 e. The lowest BCUT2D eigenvalue weighted by atomic mass is 9.98. The predicted octanol–water partition coefficient (Wildman–Crippen LogP) is 3.04. The zero-order chi connectivity index (χ0) is 20.4. The summed E-state index contributed by atoms with van der Waals surface area (Å²) in [7, 11) is 3.04. The Morgan fingerprint density at radius 2 is 1.86 bits per heavy atom. The van der Waals surface area contributed by atoms with Crippen molar-refractivity contribution in [1.29, 1.82) is 0 Å². The van der Waals surface area contributed by atoms with Crippen LogP contribution in [0.25, 0.3) is 11.4 Å². The number of aromatic nitrogens is 3. The van der Waals surface area contributed by atoms with E-state index in [0.29, 0.717) is 30.5 Å². The molecule has 0 unspecified atom stereocenters. The average molecular weight is 392 g/mol. The number of likely N-dealkylation sites (tertiary alicyclic amines) is 1. The highest BCUT2D eigenvalue weighted by atomic mass is 16.5. The topological polar surface area (TPSA) is 69.5 Å². The quantitative estimate of drug-likeness (QED) is 0.645. The molecule has 0 saturated carbocycles. The van der Waals surface area contributed by atoms with Crippen molar-refractivity contribution in [3.05, 3.63) is 59.9 Å². The van der Waals surface area contributed by atoms with E-state index in [2.05, 4.69) is 33.6 Å². The van der Waals surface area contributed by atoms with Crippen LogP contribution in [-0.2, 0) is 6.54 Å². The van der Waals surface area contributed by atoms with Crippen LogP contribution in [0.3, 0.4) is 0 Å². The number of methoxy groups -OCH3 is 2. The van der Waals surface area contributed by atoms with Crippen molar-refractivity contribution >= 4 is 5.91 Å². The fourth-order valence-corrected chi connectivity index (χ4v) is 3.64. The number of hydrogen-bond donors (Lipinski definition) is 0. The molecule has 0 aliphatic carbocycles. The van der Waals surface area contributed by atoms with E-state index in [1.165, 1.54) is 14.2 Å². The van der Waals surface area contributed by atoms with Crippen molar-refractivity contribution in [3.63, 3.8) is 0 Å². The minimum atomic E-state index is -0.0705. The van der Waals surface area contributed by atoms with E-state index < -0.39 is 0 Å². The molecule has 1 aliphatic heterocycles. The van der Waals surface area contributed by atoms with Gasteiger partial charge in [0, 0.05) is 49.1 Å². The maximum absolute atomic E-state index is 12.9. The number of nitrogens with zero attached hydrogens (tertiary/aromatic N) is 4. The molecule has 7 heteroatoms. The molecule has 0 N–H and O–H groups in total. The molecule has 1 aliphatic rings. The van der Waals surface area contributed by atoms with E-state index >= 15 is 0 Å². The Kier molecular flexibility index (Phi) is 5.20. The third-order valence-corrected chi connectivity index (χ3v) is 5.24. The fraction of sp³-hybridized carbons (Fsp3) is 0.318. The van der Waals surface area contributed by atoms with Crippen molar-refractivity contribution in [2.45, 2.75) is 13.5 Å². The summed E-state index contributed by atoms with van der Waals surface area (Å²) in [6.07, 6.45) is 1.90. The Hall–Kier alpha value is -3.35. The molecule has 150 valence electrons. The molecule has 7 nitrogen and oxygen atoms in total. The molecule has 0 spiro atoms. The fourth-order valence-electron chi connectivity index (χ4n) is 3.64. The third-order valence-electron chi connectivity index (χ3n) is 5.24. The van der Waals surface area contributed by atoms with Gasteiger partial charge in [-0.05, 0) is 13.0 Å². The van der Waals surface area contributed by atoms with Crippen LogP contribution in [0.4, 0.5) is 0 Å². The molecule has 0 radical (unpaired) electrons. The number of rotatable bonds is 6. The maximum atomic E-state index is 12.9. The second kappa shape index (κ2) is 7.95. The summed E-state index contributed by atoms with van der Waals surface area (Å²) < 4.78 is 12.6. The van der Waals surface area contributed by atoms with Crippen LogP contribution < -0.4 is 9.47 Å². The van der Waals surface area contributed by atoms with Crippen LogP contribution in [0.15, 0.2) is 48.7 Å². The molecule has 1 aromatic carbocycles. The van der Waals surface area contributed by atoms with Crippen molar-refractivity contribution in [3.8, 4) is 23.1 Å². The number of carbonyl (C=O) groups is 1. The molecule has 2 aromatic heterocycles. The Morgan fingerprint density at radius 1 is 1.10 bits per heavy atom. The summed E-state index contributed by atoms with van der Waals surface area (Å²) >= 11 is 0. The highest BCUT2D eigenvalue weighted by molar-refractivity contribution is 5.97. The van der Waals surface area contributed by atoms with Gasteiger partial charge in [-0.3, -0.25) is 4.79 Å². The van der Waals surface area contributed by atoms with Gasteiger partial charge in [0.15, 0.2) is 0 Å². The van der Waals surface area contributed by atoms with Gasteiger partial charge in [-0.25, -0.2) is 4.98 Å². The molecule has 0 atom stereocenters. The Bertz CT molecular complexity index is 1010. The summed E-state index contributed by atoms with van der Waals surface area (Å²) in [6, 6.07) is 13.5. The van der Waals surface area contributed by atoms with E-state index in [1.807, 2.05) is 29.3 Å². The van der Waals surface area contributed by atoms with Crippen LogP contribution >= 0.6 is 0 Å². The summed E-state index contributed by atoms with van der Waals surface area (Å²) in [5, 5.41) is 0. The standard InChI is InChI=1S/C22H24N4O3/c1-15-11-23-20(17-7-5-4-6-8-17)26(15)14-16-12-25(13-16)22(27)18-9-10-19(28-2)24-21(18)29-3/h4-11,16H,12-14H2,1-3H3. The van der Waals surface area contributed by atoms with Gasteiger partial charge in [0.2, 0.25) is 11.8 Å². The zero-order valence-electron chi connectivity index (χ0n) is 16.8. The second-order valence-corrected chi connectivity index (χ2v) is 7.19. The number of pyridine rings is 1. The largest absolute Gasteiger partial charge is 0.481 e. The normalized spacial score (nSPS) is 13.8. The lowest BCUT2D eigenvalue weighted by molar-refractivity contribution is 0.0464. The van der Waals surface area contributed by atoms with Gasteiger partial charge in [-0.2, -0.15) is 4.98 Å². The molecule has 1 amide bonds. The number of aryl methyl sites for hydroxylation is 1. The van der Waals surface area contributed by atoms with Crippen LogP contribution in [-0.4, -0.2) is 52.7 Å². The van der Waals surface area contributed by atoms with Crippen LogP contribution in [0, 0.1) is 12.8 Å². The Labute approximate surface area is 169 Å². The SMILES string of the molecule is COc1ccc(C(=O)N2CC(Cn3c(C)cnc3-c3ccccc3)C2)c(OC)n1. The molecule has 0 bridgehead atoms. The molecule has 29 heavy (non-hydrogen) atoms. The average Bonchev–Trinajstić information content (AvgIpc) is 3.10. The minimum absolute atomic E-state index is 0.0705. The van der Waals surface area contributed by atoms with Crippen molar-refractivity contribution in [1.82, 2.24) is 19.4 Å². The van der Waals surface area contributed by atoms with Crippen LogP contribution in [0.5, 0.6) is 11.8 Å². The first-order valence-corrected chi connectivity index (χ1v) is 9.56. The van der Waals surface area contributed by atoms with E-state index in [9.17, 15) is 4.79 Å². The number of benzene rings is 1. The van der Waals surface area contributed by atoms with E-state index in [1.54, 1.807) is 12.1 Å². The first kappa shape index (κ1) is 19.0. The van der Waals surface area contributed by atoms with Crippen LogP contribution in [0.1, 0.15) is 16.1 Å². The number of ether oxygens (including phenoxy) is 2. The number of hydrogen-bond acceptors (Lipinski definition) is 5. The van der Waals surface area contributed by atoms with Gasteiger partial charge in [-0.1, -0.05) is 30.3 Å². The monoisotopic (exact) mass is 392 g/mol. The van der Waals surface area contributed by atoms with Gasteiger partial charge < -0.3 is 18.9 Å². The first-order chi connectivity index (χ1) is 14.1. The van der Waals surface area contributed by atoms with Gasteiger partial charge in [0.25, 0.3) is 5.91 Å². The predicted molar refractivity (Wildman–Crippen MR) is 109 cm³/mol. The van der Waals surface area contributed by atoms with Gasteiger partial charge in [0.1, 0.15) is 11.4 Å². The molecule has 3 heterocycles. The van der Waals surface area contributed by atoms with E-state index in [4.69, 9.17) is 9.47 Å². The van der Waals surface area contributed by atoms with Crippen molar-refractivity contribution in [2.24, 2.45) is 5.92 Å². The lowest BCUT2D eigenvalue weighted by Gasteiger charge is -2.40. The molecule has 1 saturated heterocycles. The van der Waals surface area contributed by atoms with Gasteiger partial charge in [-0.15, -0.1) is 0 Å². The highest BCUT2D eigenvalue weighted by Gasteiger charge is 2.33. The Balaban J connectivity index is 1.44. The third kappa shape index (κ3) is 3.68. The maximum Gasteiger partial charge on any atom is 0.259 e. The van der Waals surface area contributed by atoms with Crippen molar-refractivity contribution in [2.75, 3.05) is 27.3 Å². The Morgan fingerprint density at radius 3 is 2.55 bits per heavy atom. The number of amides is 1. The number of carbonyl (C=O) groups excluding carboxylic acids is 1. The molecule has 1 fully saturated rings. The summed E-state index contributed by atoms with van der Waals surface area (Å²) in [5.41, 5.74) is 2.67. The zero-order valence-corrected chi connectivity index (χ0v) is 16.8. The summed E-state index contributed by atoms with van der Waals surface area (Å²) in [4.78, 5) is 23.5. The first-order valence-electron chi connectivity index (χ1n) is 9.56. The van der Waals surface area contributed by atoms with Crippen LogP contribution in [0.2, 0.25) is 0 Å². The molecule has 4 rings (SSSR count). The van der Waals surface area contributed by atoms with E-state index in [0.717, 1.165) is 23.6 Å². The van der Waals surface area contributed by atoms with Gasteiger partial charge in [0.05, 0.1) is 14.2 Å². The molecule has 3 aromatic rings. The van der Waals surface area contributed by atoms with Crippen molar-refractivity contribution < 1.29 is 14.3 Å². The molecular weight excluding hydrogens is 368 g/mol. The smallest absolute Gasteiger partial charge is 0.259 e. The molecular formula is C22H24N4O3. The summed E-state index contributed by atoms with van der Waals surface area (Å²) in [6.45, 7) is 4.28. The summed E-state index contributed by atoms with van der Waals surface area (Å²) in [5.74, 6) is 1.98. The van der Waals surface area contributed by atoms with Gasteiger partial charge >= 0.3 is 0 Å². The second-order valence-electron chi connectivity index (χ2n) is 7.19.